The van der Waals surface area contributed by atoms with Crippen molar-refractivity contribution in [3.05, 3.63) is 29.3 Å². The van der Waals surface area contributed by atoms with Gasteiger partial charge in [-0.2, -0.15) is 5.26 Å². The number of nitrogens with one attached hydrogen (secondary N) is 1. The second-order valence-corrected chi connectivity index (χ2v) is 6.76. The van der Waals surface area contributed by atoms with Crippen molar-refractivity contribution in [2.75, 3.05) is 5.32 Å². The number of hydrogen-bond donors (Lipinski definition) is 1. The molecule has 1 aromatic carbocycles. The van der Waals surface area contributed by atoms with Crippen LogP contribution >= 0.6 is 11.6 Å². The fourth-order valence-electron chi connectivity index (χ4n) is 3.11. The average Bonchev–Trinajstić information content (AvgIpc) is 3.28. The summed E-state index contributed by atoms with van der Waals surface area (Å²) in [7, 11) is 0. The SMILES string of the molecule is CC[C@@](C#N)(C(=O)Nc1ccc(Cl)cc1)C(C)(C)C1CC1. The summed E-state index contributed by atoms with van der Waals surface area (Å²) in [4.78, 5) is 12.8. The topological polar surface area (TPSA) is 52.9 Å². The van der Waals surface area contributed by atoms with Gasteiger partial charge in [-0.1, -0.05) is 32.4 Å². The molecule has 1 aromatic rings. The van der Waals surface area contributed by atoms with Crippen LogP contribution in [-0.4, -0.2) is 5.91 Å². The predicted octanol–water partition coefficient (Wildman–Crippen LogP) is 4.63. The molecule has 1 saturated carbocycles. The summed E-state index contributed by atoms with van der Waals surface area (Å²) in [6.45, 7) is 5.99. The molecule has 0 spiro atoms. The number of rotatable bonds is 5. The fourth-order valence-corrected chi connectivity index (χ4v) is 3.23. The highest BCUT2D eigenvalue weighted by atomic mass is 35.5. The van der Waals surface area contributed by atoms with Crippen molar-refractivity contribution in [1.82, 2.24) is 0 Å². The number of carbonyl (C=O) groups excluding carboxylic acids is 1. The van der Waals surface area contributed by atoms with Crippen LogP contribution in [-0.2, 0) is 4.79 Å². The van der Waals surface area contributed by atoms with E-state index in [1.54, 1.807) is 24.3 Å². The van der Waals surface area contributed by atoms with E-state index in [0.29, 0.717) is 23.0 Å². The Kier molecular flexibility index (Phi) is 4.30. The van der Waals surface area contributed by atoms with Crippen LogP contribution in [0.5, 0.6) is 0 Å². The zero-order valence-electron chi connectivity index (χ0n) is 12.7. The number of nitrogens with zero attached hydrogens (tertiary/aromatic N) is 1. The first-order valence-corrected chi connectivity index (χ1v) is 7.73. The van der Waals surface area contributed by atoms with Gasteiger partial charge in [0, 0.05) is 10.7 Å². The zero-order chi connectivity index (χ0) is 15.7. The van der Waals surface area contributed by atoms with Crippen LogP contribution in [0.4, 0.5) is 5.69 Å². The lowest BCUT2D eigenvalue weighted by molar-refractivity contribution is -0.129. The van der Waals surface area contributed by atoms with Gasteiger partial charge in [0.05, 0.1) is 6.07 Å². The maximum atomic E-state index is 12.8. The molecular formula is C17H21ClN2O. The van der Waals surface area contributed by atoms with Crippen LogP contribution in [0, 0.1) is 28.1 Å². The molecule has 0 saturated heterocycles. The highest BCUT2D eigenvalue weighted by Gasteiger charge is 2.56. The van der Waals surface area contributed by atoms with E-state index in [9.17, 15) is 10.1 Å². The van der Waals surface area contributed by atoms with Crippen LogP contribution in [0.2, 0.25) is 5.02 Å². The van der Waals surface area contributed by atoms with E-state index in [0.717, 1.165) is 12.8 Å². The number of carbonyl (C=O) groups is 1. The monoisotopic (exact) mass is 304 g/mol. The Morgan fingerprint density at radius 2 is 1.95 bits per heavy atom. The molecule has 1 amide bonds. The molecule has 112 valence electrons. The third-order valence-corrected chi connectivity index (χ3v) is 5.16. The Morgan fingerprint density at radius 1 is 1.38 bits per heavy atom. The molecule has 0 bridgehead atoms. The van der Waals surface area contributed by atoms with Gasteiger partial charge < -0.3 is 5.32 Å². The van der Waals surface area contributed by atoms with Crippen molar-refractivity contribution in [1.29, 1.82) is 5.26 Å². The van der Waals surface area contributed by atoms with E-state index in [1.807, 2.05) is 20.8 Å². The molecule has 1 fully saturated rings. The van der Waals surface area contributed by atoms with E-state index < -0.39 is 5.41 Å². The molecule has 4 heteroatoms. The minimum atomic E-state index is -1.01. The maximum absolute atomic E-state index is 12.8. The average molecular weight is 305 g/mol. The molecule has 1 atom stereocenters. The fraction of sp³-hybridized carbons (Fsp3) is 0.529. The number of hydrogen-bond acceptors (Lipinski definition) is 2. The van der Waals surface area contributed by atoms with Gasteiger partial charge >= 0.3 is 0 Å². The van der Waals surface area contributed by atoms with Crippen molar-refractivity contribution in [2.24, 2.45) is 16.7 Å². The van der Waals surface area contributed by atoms with Gasteiger partial charge in [-0.15, -0.1) is 0 Å². The molecule has 3 nitrogen and oxygen atoms in total. The number of anilines is 1. The minimum absolute atomic E-state index is 0.216. The van der Waals surface area contributed by atoms with Gasteiger partial charge in [0.1, 0.15) is 5.41 Å². The molecule has 0 radical (unpaired) electrons. The Bertz CT molecular complexity index is 569. The lowest BCUT2D eigenvalue weighted by atomic mass is 9.61. The van der Waals surface area contributed by atoms with Gasteiger partial charge in [0.2, 0.25) is 5.91 Å². The predicted molar refractivity (Wildman–Crippen MR) is 84.9 cm³/mol. The lowest BCUT2D eigenvalue weighted by Gasteiger charge is -2.40. The van der Waals surface area contributed by atoms with E-state index in [1.165, 1.54) is 0 Å². The van der Waals surface area contributed by atoms with Crippen molar-refractivity contribution >= 4 is 23.2 Å². The molecule has 21 heavy (non-hydrogen) atoms. The summed E-state index contributed by atoms with van der Waals surface area (Å²) in [6.07, 6.45) is 2.71. The van der Waals surface area contributed by atoms with E-state index in [-0.39, 0.29) is 11.3 Å². The Labute approximate surface area is 131 Å². The van der Waals surface area contributed by atoms with E-state index >= 15 is 0 Å². The second-order valence-electron chi connectivity index (χ2n) is 6.33. The van der Waals surface area contributed by atoms with Gasteiger partial charge in [-0.3, -0.25) is 4.79 Å². The van der Waals surface area contributed by atoms with Crippen LogP contribution in [0.1, 0.15) is 40.0 Å². The Morgan fingerprint density at radius 3 is 2.38 bits per heavy atom. The molecule has 2 rings (SSSR count). The summed E-state index contributed by atoms with van der Waals surface area (Å²) in [5, 5.41) is 13.2. The summed E-state index contributed by atoms with van der Waals surface area (Å²) in [6, 6.07) is 9.28. The first kappa shape index (κ1) is 15.9. The largest absolute Gasteiger partial charge is 0.325 e. The molecule has 0 aliphatic heterocycles. The van der Waals surface area contributed by atoms with E-state index in [4.69, 9.17) is 11.6 Å². The Balaban J connectivity index is 2.27. The van der Waals surface area contributed by atoms with Crippen LogP contribution in [0.15, 0.2) is 24.3 Å². The highest BCUT2D eigenvalue weighted by Crippen LogP contribution is 2.56. The smallest absolute Gasteiger partial charge is 0.245 e. The zero-order valence-corrected chi connectivity index (χ0v) is 13.5. The van der Waals surface area contributed by atoms with Crippen molar-refractivity contribution in [3.63, 3.8) is 0 Å². The molecule has 0 aromatic heterocycles. The normalized spacial score (nSPS) is 17.7. The third kappa shape index (κ3) is 2.78. The standard InChI is InChI=1S/C17H21ClN2O/c1-4-17(11-19,16(2,3)12-5-6-12)15(21)20-14-9-7-13(18)8-10-14/h7-10,12H,4-6H2,1-3H3,(H,20,21)/t17-/m1/s1. The summed E-state index contributed by atoms with van der Waals surface area (Å²) in [5.74, 6) is 0.236. The quantitative estimate of drug-likeness (QED) is 0.862. The molecule has 1 aliphatic rings. The minimum Gasteiger partial charge on any atom is -0.325 e. The maximum Gasteiger partial charge on any atom is 0.245 e. The van der Waals surface area contributed by atoms with Gasteiger partial charge in [-0.05, 0) is 54.9 Å². The molecule has 1 aliphatic carbocycles. The van der Waals surface area contributed by atoms with E-state index in [2.05, 4.69) is 11.4 Å². The molecule has 0 unspecified atom stereocenters. The summed E-state index contributed by atoms with van der Waals surface area (Å²) in [5.41, 5.74) is -0.662. The van der Waals surface area contributed by atoms with Crippen molar-refractivity contribution in [2.45, 2.75) is 40.0 Å². The highest BCUT2D eigenvalue weighted by molar-refractivity contribution is 6.30. The number of benzene rings is 1. The van der Waals surface area contributed by atoms with Gasteiger partial charge in [-0.25, -0.2) is 0 Å². The first-order chi connectivity index (χ1) is 9.87. The van der Waals surface area contributed by atoms with Crippen LogP contribution in [0.25, 0.3) is 0 Å². The molecular weight excluding hydrogens is 284 g/mol. The van der Waals surface area contributed by atoms with Gasteiger partial charge in [0.15, 0.2) is 0 Å². The van der Waals surface area contributed by atoms with Crippen molar-refractivity contribution in [3.8, 4) is 6.07 Å². The molecule has 1 N–H and O–H groups in total. The molecule has 0 heterocycles. The number of nitriles is 1. The summed E-state index contributed by atoms with van der Waals surface area (Å²) < 4.78 is 0. The number of amides is 1. The second kappa shape index (κ2) is 5.69. The summed E-state index contributed by atoms with van der Waals surface area (Å²) >= 11 is 5.85. The first-order valence-electron chi connectivity index (χ1n) is 7.35. The van der Waals surface area contributed by atoms with Crippen molar-refractivity contribution < 1.29 is 4.79 Å². The van der Waals surface area contributed by atoms with Gasteiger partial charge in [0.25, 0.3) is 0 Å². The Hall–Kier alpha value is -1.53. The number of halogens is 1. The third-order valence-electron chi connectivity index (χ3n) is 4.91. The lowest BCUT2D eigenvalue weighted by Crippen LogP contribution is -2.47. The van der Waals surface area contributed by atoms with Crippen LogP contribution in [0.3, 0.4) is 0 Å². The van der Waals surface area contributed by atoms with Crippen LogP contribution < -0.4 is 5.32 Å².